The number of benzene rings is 1. The summed E-state index contributed by atoms with van der Waals surface area (Å²) in [6, 6.07) is 13.2. The highest BCUT2D eigenvalue weighted by Crippen LogP contribution is 2.22. The van der Waals surface area contributed by atoms with Crippen LogP contribution in [0.25, 0.3) is 0 Å². The number of rotatable bonds is 6. The summed E-state index contributed by atoms with van der Waals surface area (Å²) in [4.78, 5) is 20.0. The molecule has 0 aliphatic rings. The standard InChI is InChI=1S/C15H17ClN2O2S/c1-2-18(10-13-8-9-14(16)21-13)15(19)17-20-11-12-6-4-3-5-7-12/h3-9H,2,10-11H2,1H3,(H,17,19). The number of nitrogens with one attached hydrogen (secondary N) is 1. The summed E-state index contributed by atoms with van der Waals surface area (Å²) in [6.07, 6.45) is 0. The molecule has 1 aromatic heterocycles. The minimum atomic E-state index is -0.252. The first-order valence-corrected chi connectivity index (χ1v) is 7.83. The van der Waals surface area contributed by atoms with Gasteiger partial charge in [0.05, 0.1) is 17.5 Å². The number of thiophene rings is 1. The van der Waals surface area contributed by atoms with E-state index in [4.69, 9.17) is 16.4 Å². The lowest BCUT2D eigenvalue weighted by Crippen LogP contribution is -2.39. The maximum absolute atomic E-state index is 12.0. The van der Waals surface area contributed by atoms with Crippen molar-refractivity contribution in [1.29, 1.82) is 0 Å². The lowest BCUT2D eigenvalue weighted by Gasteiger charge is -2.20. The number of amides is 2. The minimum absolute atomic E-state index is 0.252. The molecule has 1 aromatic carbocycles. The quantitative estimate of drug-likeness (QED) is 0.814. The Morgan fingerprint density at radius 1 is 1.29 bits per heavy atom. The summed E-state index contributed by atoms with van der Waals surface area (Å²) in [7, 11) is 0. The lowest BCUT2D eigenvalue weighted by atomic mass is 10.2. The van der Waals surface area contributed by atoms with Gasteiger partial charge >= 0.3 is 6.03 Å². The molecule has 0 bridgehead atoms. The Hall–Kier alpha value is -1.56. The van der Waals surface area contributed by atoms with E-state index in [1.807, 2.05) is 49.4 Å². The van der Waals surface area contributed by atoms with Crippen molar-refractivity contribution < 1.29 is 9.63 Å². The van der Waals surface area contributed by atoms with Gasteiger partial charge in [-0.05, 0) is 24.6 Å². The fourth-order valence-electron chi connectivity index (χ4n) is 1.77. The van der Waals surface area contributed by atoms with Gasteiger partial charge in [-0.2, -0.15) is 0 Å². The van der Waals surface area contributed by atoms with Crippen molar-refractivity contribution in [1.82, 2.24) is 10.4 Å². The van der Waals surface area contributed by atoms with Crippen LogP contribution in [0.4, 0.5) is 4.79 Å². The predicted molar refractivity (Wildman–Crippen MR) is 85.2 cm³/mol. The van der Waals surface area contributed by atoms with E-state index >= 15 is 0 Å². The highest BCUT2D eigenvalue weighted by Gasteiger charge is 2.13. The van der Waals surface area contributed by atoms with Crippen LogP contribution in [0.1, 0.15) is 17.4 Å². The Balaban J connectivity index is 1.80. The smallest absolute Gasteiger partial charge is 0.318 e. The van der Waals surface area contributed by atoms with Crippen LogP contribution in [0.3, 0.4) is 0 Å². The van der Waals surface area contributed by atoms with Crippen molar-refractivity contribution in [3.05, 3.63) is 57.2 Å². The molecule has 21 heavy (non-hydrogen) atoms. The van der Waals surface area contributed by atoms with Gasteiger partial charge in [0.1, 0.15) is 0 Å². The van der Waals surface area contributed by atoms with Crippen molar-refractivity contribution in [3.63, 3.8) is 0 Å². The summed E-state index contributed by atoms with van der Waals surface area (Å²) in [5.41, 5.74) is 3.47. The van der Waals surface area contributed by atoms with Crippen molar-refractivity contribution in [3.8, 4) is 0 Å². The molecule has 1 N–H and O–H groups in total. The molecule has 0 aliphatic heterocycles. The van der Waals surface area contributed by atoms with E-state index in [1.54, 1.807) is 4.90 Å². The summed E-state index contributed by atoms with van der Waals surface area (Å²) < 4.78 is 0.724. The van der Waals surface area contributed by atoms with E-state index in [-0.39, 0.29) is 6.03 Å². The second-order valence-electron chi connectivity index (χ2n) is 4.40. The Kier molecular flexibility index (Phi) is 6.04. The number of carbonyl (C=O) groups excluding carboxylic acids is 1. The Bertz CT molecular complexity index is 574. The number of hydrogen-bond acceptors (Lipinski definition) is 3. The number of urea groups is 1. The molecule has 0 radical (unpaired) electrons. The van der Waals surface area contributed by atoms with Crippen molar-refractivity contribution in [2.24, 2.45) is 0 Å². The molecule has 2 rings (SSSR count). The van der Waals surface area contributed by atoms with Crippen LogP contribution in [0, 0.1) is 0 Å². The number of hydrogen-bond donors (Lipinski definition) is 1. The molecule has 0 saturated heterocycles. The number of nitrogens with zero attached hydrogens (tertiary/aromatic N) is 1. The van der Waals surface area contributed by atoms with Gasteiger partial charge in [0, 0.05) is 11.4 Å². The molecular weight excluding hydrogens is 308 g/mol. The molecule has 2 aromatic rings. The van der Waals surface area contributed by atoms with Crippen LogP contribution < -0.4 is 5.48 Å². The topological polar surface area (TPSA) is 41.6 Å². The molecule has 112 valence electrons. The Morgan fingerprint density at radius 3 is 2.67 bits per heavy atom. The first-order chi connectivity index (χ1) is 10.2. The van der Waals surface area contributed by atoms with E-state index in [1.165, 1.54) is 11.3 Å². The predicted octanol–water partition coefficient (Wildman–Crippen LogP) is 4.06. The fraction of sp³-hybridized carbons (Fsp3) is 0.267. The van der Waals surface area contributed by atoms with Crippen LogP contribution in [0.2, 0.25) is 4.34 Å². The van der Waals surface area contributed by atoms with Crippen LogP contribution in [-0.4, -0.2) is 17.5 Å². The third-order valence-corrected chi connectivity index (χ3v) is 4.10. The number of hydroxylamine groups is 1. The fourth-order valence-corrected chi connectivity index (χ4v) is 2.88. The molecule has 0 fully saturated rings. The molecule has 2 amide bonds. The highest BCUT2D eigenvalue weighted by molar-refractivity contribution is 7.16. The molecule has 6 heteroatoms. The van der Waals surface area contributed by atoms with Gasteiger partial charge in [-0.1, -0.05) is 41.9 Å². The monoisotopic (exact) mass is 324 g/mol. The van der Waals surface area contributed by atoms with Crippen molar-refractivity contribution in [2.75, 3.05) is 6.54 Å². The zero-order chi connectivity index (χ0) is 15.1. The lowest BCUT2D eigenvalue weighted by molar-refractivity contribution is 0.0363. The van der Waals surface area contributed by atoms with E-state index < -0.39 is 0 Å². The summed E-state index contributed by atoms with van der Waals surface area (Å²) in [6.45, 7) is 3.38. The molecular formula is C15H17ClN2O2S. The molecule has 1 heterocycles. The van der Waals surface area contributed by atoms with Gasteiger partial charge < -0.3 is 4.90 Å². The largest absolute Gasteiger partial charge is 0.341 e. The van der Waals surface area contributed by atoms with Crippen molar-refractivity contribution in [2.45, 2.75) is 20.1 Å². The van der Waals surface area contributed by atoms with Crippen LogP contribution in [-0.2, 0) is 18.0 Å². The zero-order valence-electron chi connectivity index (χ0n) is 11.7. The Labute approximate surface area is 133 Å². The molecule has 0 atom stereocenters. The van der Waals surface area contributed by atoms with Crippen LogP contribution >= 0.6 is 22.9 Å². The van der Waals surface area contributed by atoms with E-state index in [0.29, 0.717) is 19.7 Å². The average molecular weight is 325 g/mol. The normalized spacial score (nSPS) is 10.4. The maximum atomic E-state index is 12.0. The number of halogens is 1. The summed E-state index contributed by atoms with van der Waals surface area (Å²) in [5, 5.41) is 0. The SMILES string of the molecule is CCN(Cc1ccc(Cl)s1)C(=O)NOCc1ccccc1. The highest BCUT2D eigenvalue weighted by atomic mass is 35.5. The van der Waals surface area contributed by atoms with Gasteiger partial charge in [-0.25, -0.2) is 10.3 Å². The third kappa shape index (κ3) is 5.04. The Morgan fingerprint density at radius 2 is 2.05 bits per heavy atom. The van der Waals surface area contributed by atoms with E-state index in [9.17, 15) is 4.79 Å². The first-order valence-electron chi connectivity index (χ1n) is 6.64. The second kappa shape index (κ2) is 8.02. The number of carbonyl (C=O) groups is 1. The maximum Gasteiger partial charge on any atom is 0.341 e. The second-order valence-corrected chi connectivity index (χ2v) is 6.20. The first kappa shape index (κ1) is 15.8. The molecule has 4 nitrogen and oxygen atoms in total. The van der Waals surface area contributed by atoms with E-state index in [0.717, 1.165) is 14.8 Å². The van der Waals surface area contributed by atoms with Gasteiger partial charge in [0.25, 0.3) is 0 Å². The van der Waals surface area contributed by atoms with Gasteiger partial charge in [-0.15, -0.1) is 11.3 Å². The third-order valence-electron chi connectivity index (χ3n) is 2.89. The molecule has 0 unspecified atom stereocenters. The van der Waals surface area contributed by atoms with Gasteiger partial charge in [-0.3, -0.25) is 4.84 Å². The summed E-state index contributed by atoms with van der Waals surface area (Å²) >= 11 is 7.37. The minimum Gasteiger partial charge on any atom is -0.318 e. The van der Waals surface area contributed by atoms with Crippen LogP contribution in [0.15, 0.2) is 42.5 Å². The van der Waals surface area contributed by atoms with Gasteiger partial charge in [0.15, 0.2) is 0 Å². The average Bonchev–Trinajstić information content (AvgIpc) is 2.91. The molecule has 0 saturated carbocycles. The summed E-state index contributed by atoms with van der Waals surface area (Å²) in [5.74, 6) is 0. The zero-order valence-corrected chi connectivity index (χ0v) is 13.3. The molecule has 0 spiro atoms. The van der Waals surface area contributed by atoms with Crippen molar-refractivity contribution >= 4 is 29.0 Å². The molecule has 0 aliphatic carbocycles. The van der Waals surface area contributed by atoms with Crippen LogP contribution in [0.5, 0.6) is 0 Å². The van der Waals surface area contributed by atoms with Gasteiger partial charge in [0.2, 0.25) is 0 Å². The van der Waals surface area contributed by atoms with E-state index in [2.05, 4.69) is 5.48 Å².